The molecule has 3 rings (SSSR count). The van der Waals surface area contributed by atoms with Crippen LogP contribution in [0.5, 0.6) is 11.5 Å². The fourth-order valence-corrected chi connectivity index (χ4v) is 3.71. The van der Waals surface area contributed by atoms with Gasteiger partial charge in [-0.05, 0) is 49.7 Å². The summed E-state index contributed by atoms with van der Waals surface area (Å²) >= 11 is 6.43. The molecule has 0 radical (unpaired) electrons. The lowest BCUT2D eigenvalue weighted by Gasteiger charge is -2.28. The Morgan fingerprint density at radius 2 is 2.14 bits per heavy atom. The SMILES string of the molecule is CCN1CCC(CN)C1c1cc(Cl)c2c(c1)OCCCO2. The van der Waals surface area contributed by atoms with Crippen molar-refractivity contribution in [3.05, 3.63) is 22.7 Å². The highest BCUT2D eigenvalue weighted by Crippen LogP contribution is 2.44. The van der Waals surface area contributed by atoms with Gasteiger partial charge in [-0.2, -0.15) is 0 Å². The molecule has 0 spiro atoms. The predicted octanol–water partition coefficient (Wildman–Crippen LogP) is 2.84. The summed E-state index contributed by atoms with van der Waals surface area (Å²) in [6, 6.07) is 4.44. The monoisotopic (exact) mass is 310 g/mol. The summed E-state index contributed by atoms with van der Waals surface area (Å²) in [5.41, 5.74) is 7.16. The van der Waals surface area contributed by atoms with Gasteiger partial charge in [0.2, 0.25) is 0 Å². The van der Waals surface area contributed by atoms with E-state index >= 15 is 0 Å². The lowest BCUT2D eigenvalue weighted by atomic mass is 9.93. The molecule has 0 bridgehead atoms. The maximum Gasteiger partial charge on any atom is 0.179 e. The Bertz CT molecular complexity index is 497. The van der Waals surface area contributed by atoms with Crippen LogP contribution in [-0.2, 0) is 0 Å². The maximum atomic E-state index is 6.43. The molecular formula is C16H23ClN2O2. The third-order valence-electron chi connectivity index (χ3n) is 4.50. The molecule has 1 saturated heterocycles. The van der Waals surface area contributed by atoms with Crippen molar-refractivity contribution in [3.8, 4) is 11.5 Å². The Morgan fingerprint density at radius 1 is 1.33 bits per heavy atom. The lowest BCUT2D eigenvalue weighted by Crippen LogP contribution is -2.28. The number of ether oxygens (including phenoxy) is 2. The molecule has 2 heterocycles. The van der Waals surface area contributed by atoms with Gasteiger partial charge in [-0.15, -0.1) is 0 Å². The molecule has 4 nitrogen and oxygen atoms in total. The van der Waals surface area contributed by atoms with Crippen molar-refractivity contribution in [2.45, 2.75) is 25.8 Å². The van der Waals surface area contributed by atoms with Gasteiger partial charge < -0.3 is 15.2 Å². The van der Waals surface area contributed by atoms with E-state index in [0.29, 0.717) is 42.5 Å². The van der Waals surface area contributed by atoms with Gasteiger partial charge in [-0.1, -0.05) is 18.5 Å². The van der Waals surface area contributed by atoms with E-state index in [9.17, 15) is 0 Å². The van der Waals surface area contributed by atoms with Crippen LogP contribution in [0.25, 0.3) is 0 Å². The van der Waals surface area contributed by atoms with E-state index in [4.69, 9.17) is 26.8 Å². The van der Waals surface area contributed by atoms with Crippen LogP contribution in [-0.4, -0.2) is 37.7 Å². The summed E-state index contributed by atoms with van der Waals surface area (Å²) in [6.07, 6.45) is 2.03. The maximum absolute atomic E-state index is 6.43. The van der Waals surface area contributed by atoms with Gasteiger partial charge in [0.15, 0.2) is 11.5 Å². The minimum atomic E-state index is 0.328. The van der Waals surface area contributed by atoms with Crippen LogP contribution < -0.4 is 15.2 Å². The first kappa shape index (κ1) is 14.9. The first-order valence-electron chi connectivity index (χ1n) is 7.77. The van der Waals surface area contributed by atoms with E-state index in [2.05, 4.69) is 17.9 Å². The molecule has 5 heteroatoms. The third kappa shape index (κ3) is 2.85. The summed E-state index contributed by atoms with van der Waals surface area (Å²) in [5, 5.41) is 0.642. The van der Waals surface area contributed by atoms with Crippen molar-refractivity contribution in [2.24, 2.45) is 11.7 Å². The number of rotatable bonds is 3. The van der Waals surface area contributed by atoms with Gasteiger partial charge in [0.05, 0.1) is 18.2 Å². The fraction of sp³-hybridized carbons (Fsp3) is 0.625. The molecule has 2 atom stereocenters. The van der Waals surface area contributed by atoms with Crippen LogP contribution in [0, 0.1) is 5.92 Å². The Balaban J connectivity index is 1.98. The molecule has 2 unspecified atom stereocenters. The number of benzene rings is 1. The highest BCUT2D eigenvalue weighted by atomic mass is 35.5. The van der Waals surface area contributed by atoms with Crippen LogP contribution in [0.15, 0.2) is 12.1 Å². The lowest BCUT2D eigenvalue weighted by molar-refractivity contribution is 0.241. The van der Waals surface area contributed by atoms with E-state index in [1.807, 2.05) is 6.07 Å². The summed E-state index contributed by atoms with van der Waals surface area (Å²) in [5.74, 6) is 1.93. The third-order valence-corrected chi connectivity index (χ3v) is 4.78. The standard InChI is InChI=1S/C16H23ClN2O2/c1-2-19-5-4-11(10-18)15(19)12-8-13(17)16-14(9-12)20-6-3-7-21-16/h8-9,11,15H,2-7,10,18H2,1H3. The number of nitrogens with zero attached hydrogens (tertiary/aromatic N) is 1. The highest BCUT2D eigenvalue weighted by molar-refractivity contribution is 6.32. The molecule has 0 amide bonds. The number of hydrogen-bond acceptors (Lipinski definition) is 4. The van der Waals surface area contributed by atoms with Crippen LogP contribution in [0.3, 0.4) is 0 Å². The van der Waals surface area contributed by atoms with Crippen molar-refractivity contribution in [1.29, 1.82) is 0 Å². The zero-order valence-electron chi connectivity index (χ0n) is 12.5. The van der Waals surface area contributed by atoms with E-state index < -0.39 is 0 Å². The number of fused-ring (bicyclic) bond motifs is 1. The molecule has 1 fully saturated rings. The van der Waals surface area contributed by atoms with Crippen molar-refractivity contribution in [1.82, 2.24) is 4.90 Å². The molecule has 0 aromatic heterocycles. The van der Waals surface area contributed by atoms with Crippen LogP contribution in [0.1, 0.15) is 31.4 Å². The second-order valence-electron chi connectivity index (χ2n) is 5.74. The van der Waals surface area contributed by atoms with E-state index in [1.54, 1.807) is 0 Å². The summed E-state index contributed by atoms with van der Waals surface area (Å²) in [4.78, 5) is 2.47. The fourth-order valence-electron chi connectivity index (χ4n) is 3.43. The van der Waals surface area contributed by atoms with Gasteiger partial charge in [-0.25, -0.2) is 0 Å². The molecule has 0 aliphatic carbocycles. The van der Waals surface area contributed by atoms with Crippen molar-refractivity contribution >= 4 is 11.6 Å². The zero-order valence-corrected chi connectivity index (χ0v) is 13.2. The van der Waals surface area contributed by atoms with E-state index in [1.165, 1.54) is 5.56 Å². The Kier molecular flexibility index (Phi) is 4.57. The molecule has 0 saturated carbocycles. The second kappa shape index (κ2) is 6.42. The van der Waals surface area contributed by atoms with Gasteiger partial charge in [0.25, 0.3) is 0 Å². The number of hydrogen-bond donors (Lipinski definition) is 1. The summed E-state index contributed by atoms with van der Waals surface area (Å²) in [7, 11) is 0. The Hall–Kier alpha value is -0.970. The van der Waals surface area contributed by atoms with Gasteiger partial charge in [-0.3, -0.25) is 4.90 Å². The van der Waals surface area contributed by atoms with Crippen molar-refractivity contribution in [3.63, 3.8) is 0 Å². The normalized spacial score (nSPS) is 25.9. The largest absolute Gasteiger partial charge is 0.489 e. The molecule has 1 aromatic rings. The minimum absolute atomic E-state index is 0.328. The molecule has 21 heavy (non-hydrogen) atoms. The highest BCUT2D eigenvalue weighted by Gasteiger charge is 2.34. The van der Waals surface area contributed by atoms with Gasteiger partial charge in [0.1, 0.15) is 0 Å². The molecule has 2 aliphatic heterocycles. The molecule has 2 N–H and O–H groups in total. The van der Waals surface area contributed by atoms with E-state index in [0.717, 1.165) is 31.7 Å². The molecule has 116 valence electrons. The Morgan fingerprint density at radius 3 is 2.90 bits per heavy atom. The topological polar surface area (TPSA) is 47.7 Å². The summed E-state index contributed by atoms with van der Waals surface area (Å²) < 4.78 is 11.5. The van der Waals surface area contributed by atoms with Gasteiger partial charge >= 0.3 is 0 Å². The minimum Gasteiger partial charge on any atom is -0.489 e. The van der Waals surface area contributed by atoms with Crippen LogP contribution >= 0.6 is 11.6 Å². The first-order valence-corrected chi connectivity index (χ1v) is 8.15. The van der Waals surface area contributed by atoms with Gasteiger partial charge in [0, 0.05) is 12.5 Å². The van der Waals surface area contributed by atoms with Crippen LogP contribution in [0.4, 0.5) is 0 Å². The molecular weight excluding hydrogens is 288 g/mol. The number of halogens is 1. The molecule has 1 aromatic carbocycles. The predicted molar refractivity (Wildman–Crippen MR) is 84.2 cm³/mol. The Labute approximate surface area is 131 Å². The second-order valence-corrected chi connectivity index (χ2v) is 6.15. The van der Waals surface area contributed by atoms with Crippen LogP contribution in [0.2, 0.25) is 5.02 Å². The average molecular weight is 311 g/mol. The molecule has 2 aliphatic rings. The zero-order chi connectivity index (χ0) is 14.8. The number of nitrogens with two attached hydrogens (primary N) is 1. The summed E-state index contributed by atoms with van der Waals surface area (Å²) in [6.45, 7) is 6.34. The quantitative estimate of drug-likeness (QED) is 0.932. The first-order chi connectivity index (χ1) is 10.2. The van der Waals surface area contributed by atoms with Crippen molar-refractivity contribution in [2.75, 3.05) is 32.8 Å². The smallest absolute Gasteiger partial charge is 0.179 e. The number of likely N-dealkylation sites (tertiary alicyclic amines) is 1. The van der Waals surface area contributed by atoms with E-state index in [-0.39, 0.29) is 0 Å². The van der Waals surface area contributed by atoms with Crippen molar-refractivity contribution < 1.29 is 9.47 Å². The average Bonchev–Trinajstić information content (AvgIpc) is 2.76.